The van der Waals surface area contributed by atoms with Crippen LogP contribution in [-0.4, -0.2) is 47.6 Å². The van der Waals surface area contributed by atoms with Gasteiger partial charge in [-0.1, -0.05) is 61.3 Å². The van der Waals surface area contributed by atoms with Crippen molar-refractivity contribution < 1.29 is 23.1 Å². The average Bonchev–Trinajstić information content (AvgIpc) is 3.61. The number of halogens is 2. The van der Waals surface area contributed by atoms with E-state index in [2.05, 4.69) is 4.72 Å². The number of amides is 1. The first-order valence-corrected chi connectivity index (χ1v) is 15.1. The molecule has 0 unspecified atom stereocenters. The minimum Gasteiger partial charge on any atom is -0.481 e. The number of hydrogen-bond donors (Lipinski definition) is 2. The van der Waals surface area contributed by atoms with Gasteiger partial charge in [0, 0.05) is 28.5 Å². The van der Waals surface area contributed by atoms with Gasteiger partial charge in [-0.3, -0.25) is 9.59 Å². The minimum absolute atomic E-state index is 0.0374. The third-order valence-corrected chi connectivity index (χ3v) is 10.8. The van der Waals surface area contributed by atoms with E-state index in [0.29, 0.717) is 35.7 Å². The maximum Gasteiger partial charge on any atom is 0.304 e. The molecule has 4 rings (SSSR count). The molecular formula is C28H34Cl2N2O5S. The highest BCUT2D eigenvalue weighted by Crippen LogP contribution is 2.52. The van der Waals surface area contributed by atoms with Gasteiger partial charge < -0.3 is 10.0 Å². The molecule has 4 atom stereocenters. The second-order valence-corrected chi connectivity index (χ2v) is 14.2. The molecule has 2 aliphatic rings. The number of carbonyl (C=O) groups is 2. The van der Waals surface area contributed by atoms with Gasteiger partial charge >= 0.3 is 5.97 Å². The molecule has 1 aliphatic carbocycles. The van der Waals surface area contributed by atoms with Crippen molar-refractivity contribution in [3.05, 3.63) is 69.7 Å². The topological polar surface area (TPSA) is 104 Å². The van der Waals surface area contributed by atoms with E-state index in [1.165, 1.54) is 0 Å². The van der Waals surface area contributed by atoms with E-state index in [0.717, 1.165) is 11.1 Å². The Balaban J connectivity index is 1.83. The highest BCUT2D eigenvalue weighted by atomic mass is 35.5. The molecule has 7 nitrogen and oxygen atoms in total. The van der Waals surface area contributed by atoms with Crippen molar-refractivity contribution in [2.75, 3.05) is 6.54 Å². The lowest BCUT2D eigenvalue weighted by Crippen LogP contribution is -2.58. The van der Waals surface area contributed by atoms with Gasteiger partial charge in [-0.25, -0.2) is 13.1 Å². The summed E-state index contributed by atoms with van der Waals surface area (Å²) in [5.41, 5.74) is 0.518. The molecule has 1 saturated carbocycles. The first kappa shape index (κ1) is 28.9. The molecule has 1 aliphatic heterocycles. The Hall–Kier alpha value is -2.13. The number of nitrogens with zero attached hydrogens (tertiary/aromatic N) is 1. The number of carboxylic acids is 1. The number of sulfonamides is 1. The number of rotatable bonds is 10. The highest BCUT2D eigenvalue weighted by Gasteiger charge is 2.53. The van der Waals surface area contributed by atoms with Gasteiger partial charge in [0.1, 0.15) is 0 Å². The largest absolute Gasteiger partial charge is 0.481 e. The summed E-state index contributed by atoms with van der Waals surface area (Å²) < 4.78 is 27.9. The first-order chi connectivity index (χ1) is 17.8. The molecule has 0 radical (unpaired) electrons. The summed E-state index contributed by atoms with van der Waals surface area (Å²) in [5.74, 6) is -1.66. The Kier molecular flexibility index (Phi) is 8.20. The zero-order valence-electron chi connectivity index (χ0n) is 21.8. The van der Waals surface area contributed by atoms with Gasteiger partial charge in [0.15, 0.2) is 0 Å². The van der Waals surface area contributed by atoms with E-state index >= 15 is 0 Å². The number of aliphatic carboxylic acids is 1. The molecule has 10 heteroatoms. The fourth-order valence-electron chi connectivity index (χ4n) is 5.55. The van der Waals surface area contributed by atoms with Crippen LogP contribution in [0.25, 0.3) is 0 Å². The van der Waals surface area contributed by atoms with Gasteiger partial charge in [0.25, 0.3) is 0 Å². The minimum atomic E-state index is -3.57. The summed E-state index contributed by atoms with van der Waals surface area (Å²) >= 11 is 12.6. The van der Waals surface area contributed by atoms with Crippen LogP contribution in [0, 0.1) is 5.41 Å². The van der Waals surface area contributed by atoms with Crippen molar-refractivity contribution in [2.45, 2.75) is 75.6 Å². The lowest BCUT2D eigenvalue weighted by Gasteiger charge is -2.52. The summed E-state index contributed by atoms with van der Waals surface area (Å²) in [6.07, 6.45) is 1.63. The molecule has 2 fully saturated rings. The molecule has 2 aromatic carbocycles. The lowest BCUT2D eigenvalue weighted by molar-refractivity contribution is -0.160. The number of benzene rings is 2. The Morgan fingerprint density at radius 3 is 2.32 bits per heavy atom. The van der Waals surface area contributed by atoms with Crippen LogP contribution in [-0.2, 0) is 19.6 Å². The van der Waals surface area contributed by atoms with E-state index in [1.807, 2.05) is 37.3 Å². The van der Waals surface area contributed by atoms with Crippen molar-refractivity contribution in [1.82, 2.24) is 9.62 Å². The van der Waals surface area contributed by atoms with Crippen LogP contribution >= 0.6 is 23.2 Å². The van der Waals surface area contributed by atoms with E-state index in [1.54, 1.807) is 36.9 Å². The number of piperidine rings is 1. The Bertz CT molecular complexity index is 1310. The van der Waals surface area contributed by atoms with Crippen LogP contribution in [0.15, 0.2) is 48.5 Å². The van der Waals surface area contributed by atoms with Gasteiger partial charge in [0.05, 0.1) is 22.6 Å². The summed E-state index contributed by atoms with van der Waals surface area (Å²) in [7, 11) is -3.57. The fraction of sp³-hybridized carbons (Fsp3) is 0.500. The van der Waals surface area contributed by atoms with E-state index in [9.17, 15) is 23.1 Å². The molecule has 38 heavy (non-hydrogen) atoms. The van der Waals surface area contributed by atoms with E-state index < -0.39 is 38.2 Å². The van der Waals surface area contributed by atoms with E-state index in [-0.39, 0.29) is 24.8 Å². The van der Waals surface area contributed by atoms with Crippen molar-refractivity contribution in [3.8, 4) is 0 Å². The molecule has 2 N–H and O–H groups in total. The van der Waals surface area contributed by atoms with Crippen molar-refractivity contribution in [1.29, 1.82) is 0 Å². The maximum atomic E-state index is 14.2. The fourth-order valence-corrected chi connectivity index (χ4v) is 7.27. The average molecular weight is 582 g/mol. The van der Waals surface area contributed by atoms with Crippen LogP contribution in [0.4, 0.5) is 0 Å². The van der Waals surface area contributed by atoms with Gasteiger partial charge in [-0.2, -0.15) is 0 Å². The predicted octanol–water partition coefficient (Wildman–Crippen LogP) is 5.78. The lowest BCUT2D eigenvalue weighted by atomic mass is 9.67. The SMILES string of the molecule is CC[C@@H](CNS(=O)(=O)C1(C)CC1)N1C(=O)[C@](C)(CC(=O)O)C[C@H](c2cccc(Cl)c2)[C@H]1c1ccc(Cl)cc1. The monoisotopic (exact) mass is 580 g/mol. The van der Waals surface area contributed by atoms with Crippen molar-refractivity contribution >= 4 is 45.1 Å². The Morgan fingerprint density at radius 2 is 1.76 bits per heavy atom. The number of nitrogens with one attached hydrogen (secondary N) is 1. The molecule has 2 aromatic rings. The van der Waals surface area contributed by atoms with Gasteiger partial charge in [0.2, 0.25) is 15.9 Å². The molecular weight excluding hydrogens is 547 g/mol. The zero-order chi connectivity index (χ0) is 27.9. The smallest absolute Gasteiger partial charge is 0.304 e. The summed E-state index contributed by atoms with van der Waals surface area (Å²) in [5, 5.41) is 10.8. The molecule has 0 bridgehead atoms. The van der Waals surface area contributed by atoms with Gasteiger partial charge in [-0.15, -0.1) is 0 Å². The zero-order valence-corrected chi connectivity index (χ0v) is 24.1. The number of hydrogen-bond acceptors (Lipinski definition) is 4. The standard InChI is InChI=1S/C28H34Cl2N2O5S/c1-4-22(17-31-38(36,37)28(3)12-13-28)32-25(18-8-10-20(29)11-9-18)23(19-6-5-7-21(30)14-19)15-27(2,26(32)35)16-24(33)34/h5-11,14,22-23,25,31H,4,12-13,15-17H2,1-3H3,(H,33,34)/t22-,23+,25+,27-/m0/s1. The Labute approximate surface area is 234 Å². The molecule has 1 heterocycles. The number of likely N-dealkylation sites (tertiary alicyclic amines) is 1. The predicted molar refractivity (Wildman–Crippen MR) is 149 cm³/mol. The second kappa shape index (κ2) is 10.8. The van der Waals surface area contributed by atoms with Crippen molar-refractivity contribution in [2.24, 2.45) is 5.41 Å². The van der Waals surface area contributed by atoms with E-state index in [4.69, 9.17) is 23.2 Å². The van der Waals surface area contributed by atoms with Crippen LogP contribution < -0.4 is 4.72 Å². The van der Waals surface area contributed by atoms with Crippen LogP contribution in [0.1, 0.15) is 76.0 Å². The Morgan fingerprint density at radius 1 is 1.11 bits per heavy atom. The molecule has 1 saturated heterocycles. The summed E-state index contributed by atoms with van der Waals surface area (Å²) in [6, 6.07) is 13.7. The summed E-state index contributed by atoms with van der Waals surface area (Å²) in [4.78, 5) is 27.9. The molecule has 206 valence electrons. The first-order valence-electron chi connectivity index (χ1n) is 12.8. The molecule has 0 spiro atoms. The number of carbonyl (C=O) groups excluding carboxylic acids is 1. The maximum absolute atomic E-state index is 14.2. The second-order valence-electron chi connectivity index (χ2n) is 11.1. The third-order valence-electron chi connectivity index (χ3n) is 8.11. The summed E-state index contributed by atoms with van der Waals surface area (Å²) in [6.45, 7) is 5.35. The molecule has 1 amide bonds. The number of carboxylic acid groups (broad SMARTS) is 1. The molecule has 0 aromatic heterocycles. The van der Waals surface area contributed by atoms with Crippen molar-refractivity contribution in [3.63, 3.8) is 0 Å². The quantitative estimate of drug-likeness (QED) is 0.370. The van der Waals surface area contributed by atoms with Crippen LogP contribution in [0.2, 0.25) is 10.0 Å². The highest BCUT2D eigenvalue weighted by molar-refractivity contribution is 7.91. The third kappa shape index (κ3) is 5.74. The van der Waals surface area contributed by atoms with Crippen LogP contribution in [0.5, 0.6) is 0 Å². The normalized spacial score (nSPS) is 25.7. The van der Waals surface area contributed by atoms with Gasteiger partial charge in [-0.05, 0) is 68.0 Å². The van der Waals surface area contributed by atoms with Crippen LogP contribution in [0.3, 0.4) is 0 Å².